The Balaban J connectivity index is 2.30. The summed E-state index contributed by atoms with van der Waals surface area (Å²) in [6.45, 7) is 2.08. The van der Waals surface area contributed by atoms with E-state index in [1.54, 1.807) is 13.3 Å². The smallest absolute Gasteiger partial charge is 0.138 e. The van der Waals surface area contributed by atoms with E-state index < -0.39 is 0 Å². The molecule has 0 bridgehead atoms. The van der Waals surface area contributed by atoms with Gasteiger partial charge in [0, 0.05) is 32.6 Å². The first-order valence-corrected chi connectivity index (χ1v) is 5.63. The van der Waals surface area contributed by atoms with Crippen molar-refractivity contribution in [3.05, 3.63) is 30.6 Å². The van der Waals surface area contributed by atoms with Crippen molar-refractivity contribution >= 4 is 11.5 Å². The molecule has 2 heterocycles. The van der Waals surface area contributed by atoms with Gasteiger partial charge in [0.05, 0.1) is 13.2 Å². The molecule has 0 aromatic carbocycles. The molecule has 0 aliphatic carbocycles. The minimum atomic E-state index is 0.120. The van der Waals surface area contributed by atoms with Crippen molar-refractivity contribution in [2.24, 2.45) is 0 Å². The zero-order valence-corrected chi connectivity index (χ0v) is 9.91. The molecule has 2 aromatic rings. The zero-order valence-electron chi connectivity index (χ0n) is 9.91. The average Bonchev–Trinajstić information content (AvgIpc) is 2.82. The Morgan fingerprint density at radius 3 is 3.06 bits per heavy atom. The minimum Gasteiger partial charge on any atom is -0.395 e. The molecule has 5 nitrogen and oxygen atoms in total. The first kappa shape index (κ1) is 11.9. The van der Waals surface area contributed by atoms with E-state index in [1.807, 2.05) is 28.8 Å². The SMILES string of the molecule is COCCN(CCO)c1cccc2nccn12. The Labute approximate surface area is 100 Å². The molecular weight excluding hydrogens is 218 g/mol. The lowest BCUT2D eigenvalue weighted by Gasteiger charge is -2.24. The van der Waals surface area contributed by atoms with Crippen molar-refractivity contribution in [2.75, 3.05) is 38.3 Å². The summed E-state index contributed by atoms with van der Waals surface area (Å²) < 4.78 is 7.09. The highest BCUT2D eigenvalue weighted by atomic mass is 16.5. The molecule has 17 heavy (non-hydrogen) atoms. The second-order valence-corrected chi connectivity index (χ2v) is 3.74. The van der Waals surface area contributed by atoms with Crippen LogP contribution in [0.3, 0.4) is 0 Å². The first-order chi connectivity index (χ1) is 8.36. The van der Waals surface area contributed by atoms with Gasteiger partial charge in [-0.1, -0.05) is 6.07 Å². The number of fused-ring (bicyclic) bond motifs is 1. The van der Waals surface area contributed by atoms with Crippen LogP contribution in [0.2, 0.25) is 0 Å². The van der Waals surface area contributed by atoms with E-state index in [1.165, 1.54) is 0 Å². The van der Waals surface area contributed by atoms with E-state index in [-0.39, 0.29) is 6.61 Å². The van der Waals surface area contributed by atoms with Crippen LogP contribution in [-0.4, -0.2) is 47.9 Å². The highest BCUT2D eigenvalue weighted by molar-refractivity contribution is 5.51. The number of imidazole rings is 1. The van der Waals surface area contributed by atoms with Gasteiger partial charge in [-0.25, -0.2) is 4.98 Å². The number of methoxy groups -OCH3 is 1. The van der Waals surface area contributed by atoms with Crippen molar-refractivity contribution < 1.29 is 9.84 Å². The van der Waals surface area contributed by atoms with E-state index in [0.29, 0.717) is 13.2 Å². The van der Waals surface area contributed by atoms with Crippen LogP contribution in [0.15, 0.2) is 30.6 Å². The van der Waals surface area contributed by atoms with Gasteiger partial charge < -0.3 is 14.7 Å². The molecule has 0 saturated carbocycles. The van der Waals surface area contributed by atoms with Gasteiger partial charge in [-0.15, -0.1) is 0 Å². The lowest BCUT2D eigenvalue weighted by atomic mass is 10.4. The van der Waals surface area contributed by atoms with E-state index in [9.17, 15) is 0 Å². The second kappa shape index (κ2) is 5.65. The number of ether oxygens (including phenoxy) is 1. The molecule has 0 fully saturated rings. The predicted molar refractivity (Wildman–Crippen MR) is 66.4 cm³/mol. The molecule has 0 aliphatic rings. The highest BCUT2D eigenvalue weighted by Gasteiger charge is 2.09. The second-order valence-electron chi connectivity index (χ2n) is 3.74. The Kier molecular flexibility index (Phi) is 3.95. The Hall–Kier alpha value is -1.59. The fraction of sp³-hybridized carbons (Fsp3) is 0.417. The maximum Gasteiger partial charge on any atom is 0.138 e. The van der Waals surface area contributed by atoms with E-state index in [2.05, 4.69) is 9.88 Å². The number of aliphatic hydroxyl groups is 1. The van der Waals surface area contributed by atoms with E-state index >= 15 is 0 Å². The average molecular weight is 235 g/mol. The van der Waals surface area contributed by atoms with Crippen molar-refractivity contribution in [1.82, 2.24) is 9.38 Å². The Morgan fingerprint density at radius 1 is 1.41 bits per heavy atom. The number of hydrogen-bond donors (Lipinski definition) is 1. The van der Waals surface area contributed by atoms with Crippen molar-refractivity contribution in [3.63, 3.8) is 0 Å². The summed E-state index contributed by atoms with van der Waals surface area (Å²) in [6.07, 6.45) is 3.69. The number of aromatic nitrogens is 2. The van der Waals surface area contributed by atoms with Crippen molar-refractivity contribution in [3.8, 4) is 0 Å². The summed E-state index contributed by atoms with van der Waals surface area (Å²) in [7, 11) is 1.68. The lowest BCUT2D eigenvalue weighted by Crippen LogP contribution is -2.31. The summed E-state index contributed by atoms with van der Waals surface area (Å²) in [4.78, 5) is 6.33. The zero-order chi connectivity index (χ0) is 12.1. The van der Waals surface area contributed by atoms with Crippen LogP contribution in [-0.2, 0) is 4.74 Å². The molecule has 0 radical (unpaired) electrons. The number of pyridine rings is 1. The number of nitrogens with zero attached hydrogens (tertiary/aromatic N) is 3. The lowest BCUT2D eigenvalue weighted by molar-refractivity contribution is 0.202. The van der Waals surface area contributed by atoms with Crippen LogP contribution < -0.4 is 4.90 Å². The Bertz CT molecular complexity index is 469. The summed E-state index contributed by atoms with van der Waals surface area (Å²) in [5, 5.41) is 9.11. The van der Waals surface area contributed by atoms with Gasteiger partial charge in [0.2, 0.25) is 0 Å². The Morgan fingerprint density at radius 2 is 2.29 bits per heavy atom. The molecule has 5 heteroatoms. The number of anilines is 1. The van der Waals surface area contributed by atoms with E-state index in [0.717, 1.165) is 18.0 Å². The molecule has 0 aliphatic heterocycles. The summed E-state index contributed by atoms with van der Waals surface area (Å²) in [5.74, 6) is 1.02. The molecule has 1 N–H and O–H groups in total. The van der Waals surface area contributed by atoms with Gasteiger partial charge in [0.15, 0.2) is 0 Å². The van der Waals surface area contributed by atoms with Crippen LogP contribution in [0, 0.1) is 0 Å². The van der Waals surface area contributed by atoms with Crippen LogP contribution in [0.25, 0.3) is 5.65 Å². The maximum absolute atomic E-state index is 9.11. The van der Waals surface area contributed by atoms with Gasteiger partial charge in [0.25, 0.3) is 0 Å². The number of rotatable bonds is 6. The fourth-order valence-electron chi connectivity index (χ4n) is 1.85. The third-order valence-corrected chi connectivity index (χ3v) is 2.67. The molecule has 0 atom stereocenters. The quantitative estimate of drug-likeness (QED) is 0.804. The largest absolute Gasteiger partial charge is 0.395 e. The van der Waals surface area contributed by atoms with Crippen molar-refractivity contribution in [1.29, 1.82) is 0 Å². The third-order valence-electron chi connectivity index (χ3n) is 2.67. The number of hydrogen-bond acceptors (Lipinski definition) is 4. The summed E-state index contributed by atoms with van der Waals surface area (Å²) >= 11 is 0. The normalized spacial score (nSPS) is 10.9. The molecule has 0 unspecified atom stereocenters. The third kappa shape index (κ3) is 2.57. The predicted octanol–water partition coefficient (Wildman–Crippen LogP) is 0.779. The van der Waals surface area contributed by atoms with Crippen LogP contribution in [0.1, 0.15) is 0 Å². The summed E-state index contributed by atoms with van der Waals surface area (Å²) in [5.41, 5.74) is 0.905. The van der Waals surface area contributed by atoms with Crippen LogP contribution in [0.5, 0.6) is 0 Å². The van der Waals surface area contributed by atoms with E-state index in [4.69, 9.17) is 9.84 Å². The molecular formula is C12H17N3O2. The van der Waals surface area contributed by atoms with Crippen molar-refractivity contribution in [2.45, 2.75) is 0 Å². The van der Waals surface area contributed by atoms with Gasteiger partial charge in [0.1, 0.15) is 11.5 Å². The van der Waals surface area contributed by atoms with Crippen LogP contribution in [0.4, 0.5) is 5.82 Å². The molecule has 0 saturated heterocycles. The van der Waals surface area contributed by atoms with Gasteiger partial charge in [-0.2, -0.15) is 0 Å². The molecule has 2 aromatic heterocycles. The molecule has 0 amide bonds. The highest BCUT2D eigenvalue weighted by Crippen LogP contribution is 2.15. The molecule has 2 rings (SSSR count). The summed E-state index contributed by atoms with van der Waals surface area (Å²) in [6, 6.07) is 5.94. The van der Waals surface area contributed by atoms with Gasteiger partial charge in [-0.05, 0) is 12.1 Å². The van der Waals surface area contributed by atoms with Gasteiger partial charge in [-0.3, -0.25) is 4.40 Å². The maximum atomic E-state index is 9.11. The molecule has 92 valence electrons. The monoisotopic (exact) mass is 235 g/mol. The topological polar surface area (TPSA) is 50.0 Å². The number of aliphatic hydroxyl groups excluding tert-OH is 1. The fourth-order valence-corrected chi connectivity index (χ4v) is 1.85. The molecule has 0 spiro atoms. The van der Waals surface area contributed by atoms with Gasteiger partial charge >= 0.3 is 0 Å². The standard InChI is InChI=1S/C12H17N3O2/c1-17-10-8-14(7-9-16)12-4-2-3-11-13-5-6-15(11)12/h2-6,16H,7-10H2,1H3. The van der Waals surface area contributed by atoms with Crippen LogP contribution >= 0.6 is 0 Å². The first-order valence-electron chi connectivity index (χ1n) is 5.63. The minimum absolute atomic E-state index is 0.120.